The molecule has 0 unspecified atom stereocenters. The molecule has 5 heteroatoms. The Morgan fingerprint density at radius 2 is 1.62 bits per heavy atom. The van der Waals surface area contributed by atoms with Crippen LogP contribution < -0.4 is 0 Å². The first-order valence-electron chi connectivity index (χ1n) is 3.81. The summed E-state index contributed by atoms with van der Waals surface area (Å²) in [7, 11) is -0.657. The van der Waals surface area contributed by atoms with Crippen molar-refractivity contribution in [1.29, 1.82) is 0 Å². The van der Waals surface area contributed by atoms with Crippen LogP contribution in [0.1, 0.15) is 13.8 Å². The zero-order chi connectivity index (χ0) is 10.3. The smallest absolute Gasteiger partial charge is 0.499 e. The summed E-state index contributed by atoms with van der Waals surface area (Å²) in [6.07, 6.45) is 0. The third-order valence-electron chi connectivity index (χ3n) is 0.917. The Morgan fingerprint density at radius 1 is 1.15 bits per heavy atom. The van der Waals surface area contributed by atoms with E-state index in [1.54, 1.807) is 13.8 Å². The molecule has 0 bridgehead atoms. The van der Waals surface area contributed by atoms with Gasteiger partial charge >= 0.3 is 9.53 Å². The summed E-state index contributed by atoms with van der Waals surface area (Å²) < 4.78 is 20.3. The predicted octanol–water partition coefficient (Wildman–Crippen LogP) is 1.42. The van der Waals surface area contributed by atoms with Crippen LogP contribution in [0.5, 0.6) is 0 Å². The van der Waals surface area contributed by atoms with E-state index >= 15 is 0 Å². The minimum atomic E-state index is -2.19. The maximum absolute atomic E-state index is 5.22. The van der Waals surface area contributed by atoms with Gasteiger partial charge in [0.2, 0.25) is 0 Å². The van der Waals surface area contributed by atoms with Gasteiger partial charge in [0, 0.05) is 7.11 Å². The number of ether oxygens (including phenoxy) is 1. The van der Waals surface area contributed by atoms with Crippen LogP contribution in [0.15, 0.2) is 24.7 Å². The molecule has 0 aromatic rings. The molecular weight excluding hydrogens is 188 g/mol. The normalized spacial score (nSPS) is 9.85. The van der Waals surface area contributed by atoms with Crippen molar-refractivity contribution in [2.45, 2.75) is 13.8 Å². The van der Waals surface area contributed by atoms with Gasteiger partial charge in [-0.1, -0.05) is 13.2 Å². The fraction of sp³-hybridized carbons (Fsp3) is 0.500. The van der Waals surface area contributed by atoms with Crippen molar-refractivity contribution in [1.82, 2.24) is 0 Å². The Labute approximate surface area is 80.7 Å². The summed E-state index contributed by atoms with van der Waals surface area (Å²) >= 11 is 0. The zero-order valence-corrected chi connectivity index (χ0v) is 9.49. The van der Waals surface area contributed by atoms with E-state index in [1.165, 1.54) is 7.11 Å². The second kappa shape index (κ2) is 6.70. The Morgan fingerprint density at radius 3 is 1.92 bits per heavy atom. The van der Waals surface area contributed by atoms with Gasteiger partial charge in [-0.15, -0.1) is 0 Å². The maximum atomic E-state index is 5.22. The summed E-state index contributed by atoms with van der Waals surface area (Å²) in [4.78, 5) is 0. The van der Waals surface area contributed by atoms with Crippen LogP contribution in [0, 0.1) is 0 Å². The second-order valence-corrected chi connectivity index (χ2v) is 3.88. The summed E-state index contributed by atoms with van der Waals surface area (Å²) in [6.45, 7) is 10.8. The number of hydrogen-bond donors (Lipinski definition) is 0. The van der Waals surface area contributed by atoms with Crippen LogP contribution in [0.25, 0.3) is 0 Å². The van der Waals surface area contributed by atoms with Crippen molar-refractivity contribution in [3.63, 3.8) is 0 Å². The first-order valence-corrected chi connectivity index (χ1v) is 5.22. The van der Waals surface area contributed by atoms with Crippen LogP contribution >= 0.6 is 0 Å². The van der Waals surface area contributed by atoms with Crippen molar-refractivity contribution >= 4 is 9.53 Å². The van der Waals surface area contributed by atoms with E-state index in [-0.39, 0.29) is 6.79 Å². The van der Waals surface area contributed by atoms with Crippen LogP contribution in [0.3, 0.4) is 0 Å². The van der Waals surface area contributed by atoms with Gasteiger partial charge < -0.3 is 18.0 Å². The summed E-state index contributed by atoms with van der Waals surface area (Å²) in [5.41, 5.74) is 0. The molecule has 13 heavy (non-hydrogen) atoms. The average molecular weight is 204 g/mol. The van der Waals surface area contributed by atoms with Gasteiger partial charge in [0.15, 0.2) is 0 Å². The highest BCUT2D eigenvalue weighted by atomic mass is 28.3. The van der Waals surface area contributed by atoms with Gasteiger partial charge in [-0.2, -0.15) is 0 Å². The lowest BCUT2D eigenvalue weighted by Crippen LogP contribution is -2.26. The summed E-state index contributed by atoms with van der Waals surface area (Å²) in [6, 6.07) is 0. The molecule has 0 saturated carbocycles. The Bertz CT molecular complexity index is 165. The van der Waals surface area contributed by atoms with Gasteiger partial charge in [0.25, 0.3) is 0 Å². The van der Waals surface area contributed by atoms with Crippen molar-refractivity contribution in [3.8, 4) is 0 Å². The molecule has 0 amide bonds. The van der Waals surface area contributed by atoms with Crippen molar-refractivity contribution in [2.24, 2.45) is 0 Å². The van der Waals surface area contributed by atoms with Gasteiger partial charge in [-0.05, 0) is 13.8 Å². The minimum Gasteiger partial charge on any atom is -0.499 e. The molecule has 0 aromatic carbocycles. The highest BCUT2D eigenvalue weighted by Gasteiger charge is 2.18. The lowest BCUT2D eigenvalue weighted by Gasteiger charge is -2.17. The molecule has 0 atom stereocenters. The Kier molecular flexibility index (Phi) is 6.30. The van der Waals surface area contributed by atoms with E-state index in [1.807, 2.05) is 0 Å². The molecule has 0 aliphatic rings. The van der Waals surface area contributed by atoms with E-state index < -0.39 is 9.53 Å². The largest absolute Gasteiger partial charge is 0.617 e. The van der Waals surface area contributed by atoms with Crippen molar-refractivity contribution < 1.29 is 18.0 Å². The molecule has 0 N–H and O–H groups in total. The molecule has 0 rings (SSSR count). The van der Waals surface area contributed by atoms with E-state index in [9.17, 15) is 0 Å². The molecule has 4 nitrogen and oxygen atoms in total. The van der Waals surface area contributed by atoms with E-state index in [0.717, 1.165) is 0 Å². The van der Waals surface area contributed by atoms with Crippen LogP contribution in [0.4, 0.5) is 0 Å². The summed E-state index contributed by atoms with van der Waals surface area (Å²) in [5, 5.41) is 0. The minimum absolute atomic E-state index is 0.150. The van der Waals surface area contributed by atoms with Crippen molar-refractivity contribution in [3.05, 3.63) is 24.7 Å². The maximum Gasteiger partial charge on any atom is 0.617 e. The number of rotatable bonds is 7. The highest BCUT2D eigenvalue weighted by Crippen LogP contribution is 2.03. The molecule has 0 aliphatic carbocycles. The average Bonchev–Trinajstić information content (AvgIpc) is 1.98. The lowest BCUT2D eigenvalue weighted by atomic mass is 10.7. The first-order chi connectivity index (χ1) is 6.06. The number of hydrogen-bond acceptors (Lipinski definition) is 4. The SMILES string of the molecule is C=C(C)O[SiH](OCOC)OC(=C)C. The molecule has 76 valence electrons. The van der Waals surface area contributed by atoms with Gasteiger partial charge in [0.05, 0.1) is 11.5 Å². The topological polar surface area (TPSA) is 36.9 Å². The third-order valence-corrected chi connectivity index (χ3v) is 2.51. The van der Waals surface area contributed by atoms with Gasteiger partial charge in [-0.3, -0.25) is 0 Å². The van der Waals surface area contributed by atoms with E-state index in [4.69, 9.17) is 18.0 Å². The van der Waals surface area contributed by atoms with E-state index in [2.05, 4.69) is 13.2 Å². The fourth-order valence-electron chi connectivity index (χ4n) is 0.544. The van der Waals surface area contributed by atoms with Crippen molar-refractivity contribution in [2.75, 3.05) is 13.9 Å². The predicted molar refractivity (Wildman–Crippen MR) is 51.9 cm³/mol. The lowest BCUT2D eigenvalue weighted by molar-refractivity contribution is 0.0100. The van der Waals surface area contributed by atoms with Gasteiger partial charge in [-0.25, -0.2) is 0 Å². The van der Waals surface area contributed by atoms with E-state index in [0.29, 0.717) is 11.5 Å². The quantitative estimate of drug-likeness (QED) is 0.357. The zero-order valence-electron chi connectivity index (χ0n) is 8.33. The Hall–Kier alpha value is -0.783. The molecule has 0 heterocycles. The molecule has 0 aliphatic heterocycles. The van der Waals surface area contributed by atoms with Crippen LogP contribution in [-0.2, 0) is 18.0 Å². The third kappa shape index (κ3) is 7.57. The second-order valence-electron chi connectivity index (χ2n) is 2.50. The fourth-order valence-corrected chi connectivity index (χ4v) is 1.63. The molecule has 0 spiro atoms. The number of allylic oxidation sites excluding steroid dienone is 2. The Balaban J connectivity index is 3.87. The molecule has 0 radical (unpaired) electrons. The summed E-state index contributed by atoms with van der Waals surface area (Å²) in [5.74, 6) is 1.13. The molecular formula is C8H16O4Si. The number of methoxy groups -OCH3 is 1. The molecule has 0 saturated heterocycles. The molecule has 0 fully saturated rings. The van der Waals surface area contributed by atoms with Crippen LogP contribution in [-0.4, -0.2) is 23.4 Å². The first kappa shape index (κ1) is 12.2. The molecule has 0 aromatic heterocycles. The highest BCUT2D eigenvalue weighted by molar-refractivity contribution is 6.37. The van der Waals surface area contributed by atoms with Crippen LogP contribution in [0.2, 0.25) is 0 Å². The van der Waals surface area contributed by atoms with Gasteiger partial charge in [0.1, 0.15) is 6.79 Å². The standard InChI is InChI=1S/C8H16O4Si/c1-7(2)11-13(10-6-9-5)12-8(3)4/h13H,1,3,6H2,2,4-5H3. The monoisotopic (exact) mass is 204 g/mol.